The van der Waals surface area contributed by atoms with Crippen molar-refractivity contribution < 1.29 is 4.79 Å². The van der Waals surface area contributed by atoms with E-state index in [2.05, 4.69) is 11.5 Å². The summed E-state index contributed by atoms with van der Waals surface area (Å²) >= 11 is 0. The fourth-order valence-electron chi connectivity index (χ4n) is 4.09. The van der Waals surface area contributed by atoms with E-state index in [9.17, 15) is 4.79 Å². The van der Waals surface area contributed by atoms with Crippen LogP contribution in [0.3, 0.4) is 0 Å². The molecule has 0 N–H and O–H groups in total. The third-order valence-electron chi connectivity index (χ3n) is 4.89. The summed E-state index contributed by atoms with van der Waals surface area (Å²) in [5.41, 5.74) is 1.36. The van der Waals surface area contributed by atoms with Crippen molar-refractivity contribution in [3.05, 3.63) is 12.2 Å². The van der Waals surface area contributed by atoms with Crippen molar-refractivity contribution >= 4 is 5.91 Å². The van der Waals surface area contributed by atoms with E-state index in [-0.39, 0.29) is 0 Å². The fourth-order valence-corrected chi connectivity index (χ4v) is 4.09. The Balaban J connectivity index is 1.64. The van der Waals surface area contributed by atoms with Crippen molar-refractivity contribution in [1.82, 2.24) is 4.90 Å². The zero-order valence-electron chi connectivity index (χ0n) is 10.7. The molecule has 0 aromatic heterocycles. The summed E-state index contributed by atoms with van der Waals surface area (Å²) in [6.07, 6.45) is 10.6. The average molecular weight is 233 g/mol. The third kappa shape index (κ3) is 2.14. The number of piperidine rings is 1. The lowest BCUT2D eigenvalue weighted by Gasteiger charge is -2.36. The minimum absolute atomic E-state index is 0.442. The SMILES string of the molecule is C=C1CC2CCC(C1)N2C(=O)CC1CCCC1. The van der Waals surface area contributed by atoms with Gasteiger partial charge in [-0.25, -0.2) is 0 Å². The quantitative estimate of drug-likeness (QED) is 0.670. The summed E-state index contributed by atoms with van der Waals surface area (Å²) in [5.74, 6) is 1.13. The normalized spacial score (nSPS) is 33.4. The maximum Gasteiger partial charge on any atom is 0.223 e. The third-order valence-corrected chi connectivity index (χ3v) is 4.89. The van der Waals surface area contributed by atoms with Gasteiger partial charge in [0.05, 0.1) is 0 Å². The second kappa shape index (κ2) is 4.47. The number of hydrogen-bond acceptors (Lipinski definition) is 1. The van der Waals surface area contributed by atoms with Gasteiger partial charge in [-0.3, -0.25) is 4.79 Å². The smallest absolute Gasteiger partial charge is 0.223 e. The Morgan fingerprint density at radius 2 is 1.71 bits per heavy atom. The maximum atomic E-state index is 12.4. The highest BCUT2D eigenvalue weighted by Crippen LogP contribution is 2.39. The molecule has 94 valence electrons. The Morgan fingerprint density at radius 1 is 1.12 bits per heavy atom. The minimum atomic E-state index is 0.442. The number of fused-ring (bicyclic) bond motifs is 2. The van der Waals surface area contributed by atoms with Gasteiger partial charge in [0.1, 0.15) is 0 Å². The van der Waals surface area contributed by atoms with Crippen LogP contribution in [0.2, 0.25) is 0 Å². The second-order valence-corrected chi connectivity index (χ2v) is 6.20. The van der Waals surface area contributed by atoms with Gasteiger partial charge in [0.2, 0.25) is 5.91 Å². The van der Waals surface area contributed by atoms with Crippen LogP contribution in [0.5, 0.6) is 0 Å². The number of rotatable bonds is 2. The van der Waals surface area contributed by atoms with Gasteiger partial charge in [-0.1, -0.05) is 25.0 Å². The lowest BCUT2D eigenvalue weighted by Crippen LogP contribution is -2.45. The lowest BCUT2D eigenvalue weighted by molar-refractivity contribution is -0.135. The van der Waals surface area contributed by atoms with Crippen LogP contribution >= 0.6 is 0 Å². The predicted octanol–water partition coefficient (Wildman–Crippen LogP) is 3.28. The van der Waals surface area contributed by atoms with Gasteiger partial charge < -0.3 is 4.90 Å². The topological polar surface area (TPSA) is 20.3 Å². The first-order valence-corrected chi connectivity index (χ1v) is 7.22. The molecule has 0 spiro atoms. The molecule has 3 fully saturated rings. The van der Waals surface area contributed by atoms with Gasteiger partial charge in [-0.15, -0.1) is 0 Å². The summed E-state index contributed by atoms with van der Waals surface area (Å²) < 4.78 is 0. The van der Waals surface area contributed by atoms with Gasteiger partial charge in [0.25, 0.3) is 0 Å². The molecule has 2 nitrogen and oxygen atoms in total. The van der Waals surface area contributed by atoms with Crippen molar-refractivity contribution in [3.63, 3.8) is 0 Å². The Labute approximate surface area is 104 Å². The molecule has 1 saturated carbocycles. The summed E-state index contributed by atoms with van der Waals surface area (Å²) in [6, 6.07) is 0.991. The maximum absolute atomic E-state index is 12.4. The second-order valence-electron chi connectivity index (χ2n) is 6.20. The number of nitrogens with zero attached hydrogens (tertiary/aromatic N) is 1. The highest BCUT2D eigenvalue weighted by Gasteiger charge is 2.40. The lowest BCUT2D eigenvalue weighted by atomic mass is 9.96. The molecule has 2 heterocycles. The molecule has 2 saturated heterocycles. The molecule has 3 rings (SSSR count). The van der Waals surface area contributed by atoms with E-state index in [4.69, 9.17) is 0 Å². The van der Waals surface area contributed by atoms with Crippen molar-refractivity contribution in [2.24, 2.45) is 5.92 Å². The minimum Gasteiger partial charge on any atom is -0.336 e. The molecular formula is C15H23NO. The summed E-state index contributed by atoms with van der Waals surface area (Å²) in [7, 11) is 0. The van der Waals surface area contributed by atoms with E-state index in [1.165, 1.54) is 44.1 Å². The van der Waals surface area contributed by atoms with Crippen molar-refractivity contribution in [2.75, 3.05) is 0 Å². The van der Waals surface area contributed by atoms with Gasteiger partial charge in [-0.05, 0) is 44.4 Å². The van der Waals surface area contributed by atoms with Crippen molar-refractivity contribution in [3.8, 4) is 0 Å². The van der Waals surface area contributed by atoms with Crippen LogP contribution in [-0.2, 0) is 4.79 Å². The standard InChI is InChI=1S/C15H23NO/c1-11-8-13-6-7-14(9-11)16(13)15(17)10-12-4-2-3-5-12/h12-14H,1-10H2. The molecule has 0 aromatic rings. The summed E-state index contributed by atoms with van der Waals surface area (Å²) in [4.78, 5) is 14.6. The number of carbonyl (C=O) groups excluding carboxylic acids is 1. The largest absolute Gasteiger partial charge is 0.336 e. The summed E-state index contributed by atoms with van der Waals surface area (Å²) in [5, 5.41) is 0. The Hall–Kier alpha value is -0.790. The first-order valence-electron chi connectivity index (χ1n) is 7.22. The Morgan fingerprint density at radius 3 is 2.29 bits per heavy atom. The van der Waals surface area contributed by atoms with E-state index >= 15 is 0 Å². The van der Waals surface area contributed by atoms with Crippen LogP contribution in [0.4, 0.5) is 0 Å². The zero-order valence-corrected chi connectivity index (χ0v) is 10.7. The van der Waals surface area contributed by atoms with Crippen LogP contribution < -0.4 is 0 Å². The highest BCUT2D eigenvalue weighted by atomic mass is 16.2. The average Bonchev–Trinajstić information content (AvgIpc) is 2.86. The molecular weight excluding hydrogens is 210 g/mol. The van der Waals surface area contributed by atoms with E-state index in [1.807, 2.05) is 0 Å². The predicted molar refractivity (Wildman–Crippen MR) is 68.6 cm³/mol. The molecule has 0 aromatic carbocycles. The van der Waals surface area contributed by atoms with Gasteiger partial charge in [0, 0.05) is 18.5 Å². The Kier molecular flexibility index (Phi) is 2.97. The number of carbonyl (C=O) groups is 1. The van der Waals surface area contributed by atoms with E-state index in [1.54, 1.807) is 0 Å². The monoisotopic (exact) mass is 233 g/mol. The molecule has 3 aliphatic rings. The molecule has 2 heteroatoms. The van der Waals surface area contributed by atoms with Gasteiger partial charge >= 0.3 is 0 Å². The molecule has 2 atom stereocenters. The van der Waals surface area contributed by atoms with E-state index in [0.717, 1.165) is 19.3 Å². The molecule has 1 aliphatic carbocycles. The number of hydrogen-bond donors (Lipinski definition) is 0. The molecule has 2 aliphatic heterocycles. The van der Waals surface area contributed by atoms with Crippen LogP contribution in [0.15, 0.2) is 12.2 Å². The van der Waals surface area contributed by atoms with E-state index < -0.39 is 0 Å². The molecule has 2 bridgehead atoms. The Bertz CT molecular complexity index is 314. The van der Waals surface area contributed by atoms with Gasteiger partial charge in [0.15, 0.2) is 0 Å². The molecule has 17 heavy (non-hydrogen) atoms. The van der Waals surface area contributed by atoms with Gasteiger partial charge in [-0.2, -0.15) is 0 Å². The first-order chi connectivity index (χ1) is 8.24. The number of amides is 1. The first kappa shape index (κ1) is 11.3. The van der Waals surface area contributed by atoms with Crippen molar-refractivity contribution in [2.45, 2.75) is 69.9 Å². The van der Waals surface area contributed by atoms with Crippen LogP contribution in [-0.4, -0.2) is 22.9 Å². The molecule has 0 radical (unpaired) electrons. The highest BCUT2D eigenvalue weighted by molar-refractivity contribution is 5.78. The zero-order chi connectivity index (χ0) is 11.8. The summed E-state index contributed by atoms with van der Waals surface area (Å²) in [6.45, 7) is 4.11. The van der Waals surface area contributed by atoms with Crippen LogP contribution in [0, 0.1) is 5.92 Å². The van der Waals surface area contributed by atoms with Crippen LogP contribution in [0.25, 0.3) is 0 Å². The molecule has 1 amide bonds. The fraction of sp³-hybridized carbons (Fsp3) is 0.800. The van der Waals surface area contributed by atoms with Crippen LogP contribution in [0.1, 0.15) is 57.8 Å². The van der Waals surface area contributed by atoms with Crippen molar-refractivity contribution in [1.29, 1.82) is 0 Å². The van der Waals surface area contributed by atoms with E-state index in [0.29, 0.717) is 23.9 Å². The molecule has 2 unspecified atom stereocenters.